The minimum atomic E-state index is -0.610. The Morgan fingerprint density at radius 3 is 2.39 bits per heavy atom. The van der Waals surface area contributed by atoms with Gasteiger partial charge in [0.25, 0.3) is 0 Å². The second-order valence-corrected chi connectivity index (χ2v) is 4.28. The summed E-state index contributed by atoms with van der Waals surface area (Å²) >= 11 is 0. The lowest BCUT2D eigenvalue weighted by atomic mass is 10.1. The topological polar surface area (TPSA) is 37.4 Å². The first-order chi connectivity index (χ1) is 8.58. The lowest BCUT2D eigenvalue weighted by molar-refractivity contribution is -0.138. The highest BCUT2D eigenvalue weighted by molar-refractivity contribution is 6.01. The molecule has 0 aromatic heterocycles. The van der Waals surface area contributed by atoms with E-state index in [9.17, 15) is 18.4 Å². The third-order valence-electron chi connectivity index (χ3n) is 3.00. The van der Waals surface area contributed by atoms with E-state index in [2.05, 4.69) is 0 Å². The lowest BCUT2D eigenvalue weighted by Gasteiger charge is -2.13. The van der Waals surface area contributed by atoms with Crippen LogP contribution in [0, 0.1) is 11.6 Å². The highest BCUT2D eigenvalue weighted by Gasteiger charge is 2.27. The highest BCUT2D eigenvalue weighted by atomic mass is 19.1. The van der Waals surface area contributed by atoms with E-state index < -0.39 is 11.6 Å². The van der Waals surface area contributed by atoms with Crippen LogP contribution in [0.25, 0.3) is 0 Å². The van der Waals surface area contributed by atoms with Gasteiger partial charge in [0.15, 0.2) is 0 Å². The molecular formula is C13H13F2NO2. The van der Waals surface area contributed by atoms with E-state index in [0.717, 1.165) is 6.07 Å². The predicted octanol–water partition coefficient (Wildman–Crippen LogP) is 2.05. The van der Waals surface area contributed by atoms with Crippen LogP contribution in [-0.2, 0) is 16.0 Å². The van der Waals surface area contributed by atoms with Gasteiger partial charge >= 0.3 is 0 Å². The summed E-state index contributed by atoms with van der Waals surface area (Å²) in [5, 5.41) is 0. The smallest absolute Gasteiger partial charge is 0.229 e. The maximum Gasteiger partial charge on any atom is 0.229 e. The molecule has 0 saturated carbocycles. The summed E-state index contributed by atoms with van der Waals surface area (Å²) < 4.78 is 26.0. The van der Waals surface area contributed by atoms with Crippen molar-refractivity contribution in [3.05, 3.63) is 35.4 Å². The van der Waals surface area contributed by atoms with Crippen molar-refractivity contribution in [3.63, 3.8) is 0 Å². The van der Waals surface area contributed by atoms with Crippen LogP contribution in [0.5, 0.6) is 0 Å². The first-order valence-electron chi connectivity index (χ1n) is 5.85. The zero-order valence-corrected chi connectivity index (χ0v) is 9.79. The molecule has 0 spiro atoms. The van der Waals surface area contributed by atoms with Crippen LogP contribution in [0.1, 0.15) is 24.8 Å². The van der Waals surface area contributed by atoms with E-state index >= 15 is 0 Å². The van der Waals surface area contributed by atoms with Gasteiger partial charge in [0.05, 0.1) is 0 Å². The van der Waals surface area contributed by atoms with Gasteiger partial charge in [-0.1, -0.05) is 6.07 Å². The summed E-state index contributed by atoms with van der Waals surface area (Å²) in [6.45, 7) is 0.300. The molecule has 2 rings (SSSR count). The van der Waals surface area contributed by atoms with E-state index in [1.165, 1.54) is 17.0 Å². The Kier molecular flexibility index (Phi) is 3.69. The van der Waals surface area contributed by atoms with E-state index in [-0.39, 0.29) is 24.7 Å². The molecule has 1 saturated heterocycles. The second kappa shape index (κ2) is 5.25. The van der Waals surface area contributed by atoms with Gasteiger partial charge in [0.1, 0.15) is 11.6 Å². The fourth-order valence-corrected chi connectivity index (χ4v) is 2.02. The lowest BCUT2D eigenvalue weighted by Crippen LogP contribution is -2.30. The summed E-state index contributed by atoms with van der Waals surface area (Å²) in [4.78, 5) is 23.8. The third kappa shape index (κ3) is 2.72. The van der Waals surface area contributed by atoms with Crippen molar-refractivity contribution < 1.29 is 18.4 Å². The van der Waals surface area contributed by atoms with Gasteiger partial charge in [0.2, 0.25) is 11.8 Å². The van der Waals surface area contributed by atoms with E-state index in [4.69, 9.17) is 0 Å². The first kappa shape index (κ1) is 12.7. The summed E-state index contributed by atoms with van der Waals surface area (Å²) in [6, 6.07) is 3.42. The number of likely N-dealkylation sites (tertiary alicyclic amines) is 1. The molecule has 5 heteroatoms. The number of hydrogen-bond donors (Lipinski definition) is 0. The van der Waals surface area contributed by atoms with Crippen LogP contribution in [0.4, 0.5) is 8.78 Å². The molecule has 0 atom stereocenters. The maximum absolute atomic E-state index is 13.3. The van der Waals surface area contributed by atoms with Crippen LogP contribution >= 0.6 is 0 Å². The average Bonchev–Trinajstić information content (AvgIpc) is 2.63. The molecule has 1 fully saturated rings. The molecule has 1 heterocycles. The average molecular weight is 253 g/mol. The standard InChI is InChI=1S/C13H13F2NO2/c14-10-4-3-9(11(15)8-10)2-1-7-16-12(17)5-6-13(16)18/h3-4,8H,1-2,5-7H2. The highest BCUT2D eigenvalue weighted by Crippen LogP contribution is 2.15. The third-order valence-corrected chi connectivity index (χ3v) is 3.00. The van der Waals surface area contributed by atoms with Crippen LogP contribution in [0.3, 0.4) is 0 Å². The SMILES string of the molecule is O=C1CCC(=O)N1CCCc1ccc(F)cc1F. The quantitative estimate of drug-likeness (QED) is 0.770. The van der Waals surface area contributed by atoms with Gasteiger partial charge in [-0.05, 0) is 24.5 Å². The van der Waals surface area contributed by atoms with Gasteiger partial charge in [-0.25, -0.2) is 8.78 Å². The summed E-state index contributed by atoms with van der Waals surface area (Å²) in [5.74, 6) is -1.53. The van der Waals surface area contributed by atoms with Crippen molar-refractivity contribution in [2.45, 2.75) is 25.7 Å². The van der Waals surface area contributed by atoms with Crippen LogP contribution < -0.4 is 0 Å². The Morgan fingerprint density at radius 1 is 1.11 bits per heavy atom. The second-order valence-electron chi connectivity index (χ2n) is 4.28. The van der Waals surface area contributed by atoms with Gasteiger partial charge < -0.3 is 0 Å². The van der Waals surface area contributed by atoms with Crippen molar-refractivity contribution in [3.8, 4) is 0 Å². The van der Waals surface area contributed by atoms with Crippen molar-refractivity contribution in [1.82, 2.24) is 4.90 Å². The maximum atomic E-state index is 13.3. The monoisotopic (exact) mass is 253 g/mol. The van der Waals surface area contributed by atoms with Gasteiger partial charge in [-0.15, -0.1) is 0 Å². The molecule has 18 heavy (non-hydrogen) atoms. The van der Waals surface area contributed by atoms with Crippen molar-refractivity contribution in [1.29, 1.82) is 0 Å². The number of carbonyl (C=O) groups is 2. The normalized spacial score (nSPS) is 15.6. The molecule has 2 amide bonds. The molecule has 96 valence electrons. The Hall–Kier alpha value is -1.78. The van der Waals surface area contributed by atoms with E-state index in [1.807, 2.05) is 0 Å². The molecule has 1 aromatic carbocycles. The number of halogens is 2. The van der Waals surface area contributed by atoms with E-state index in [0.29, 0.717) is 24.9 Å². The Morgan fingerprint density at radius 2 is 1.78 bits per heavy atom. The number of aryl methyl sites for hydroxylation is 1. The van der Waals surface area contributed by atoms with Crippen molar-refractivity contribution in [2.75, 3.05) is 6.54 Å². The molecule has 0 radical (unpaired) electrons. The number of carbonyl (C=O) groups excluding carboxylic acids is 2. The minimum Gasteiger partial charge on any atom is -0.283 e. The number of imide groups is 1. The molecule has 1 aliphatic rings. The molecule has 0 unspecified atom stereocenters. The summed E-state index contributed by atoms with van der Waals surface area (Å²) in [6.07, 6.45) is 1.40. The zero-order chi connectivity index (χ0) is 13.1. The number of hydrogen-bond acceptors (Lipinski definition) is 2. The summed E-state index contributed by atoms with van der Waals surface area (Å²) in [7, 11) is 0. The summed E-state index contributed by atoms with van der Waals surface area (Å²) in [5.41, 5.74) is 0.399. The molecule has 3 nitrogen and oxygen atoms in total. The Bertz CT molecular complexity index is 472. The van der Waals surface area contributed by atoms with Gasteiger partial charge in [0, 0.05) is 25.5 Å². The zero-order valence-electron chi connectivity index (χ0n) is 9.79. The fourth-order valence-electron chi connectivity index (χ4n) is 2.02. The Balaban J connectivity index is 1.88. The number of rotatable bonds is 4. The van der Waals surface area contributed by atoms with Crippen LogP contribution in [0.2, 0.25) is 0 Å². The van der Waals surface area contributed by atoms with Crippen molar-refractivity contribution in [2.24, 2.45) is 0 Å². The minimum absolute atomic E-state index is 0.167. The van der Waals surface area contributed by atoms with Crippen LogP contribution in [0.15, 0.2) is 18.2 Å². The predicted molar refractivity (Wildman–Crippen MR) is 60.6 cm³/mol. The van der Waals surface area contributed by atoms with Crippen molar-refractivity contribution >= 4 is 11.8 Å². The largest absolute Gasteiger partial charge is 0.283 e. The molecular weight excluding hydrogens is 240 g/mol. The molecule has 0 bridgehead atoms. The number of benzene rings is 1. The van der Waals surface area contributed by atoms with Gasteiger partial charge in [-0.2, -0.15) is 0 Å². The fraction of sp³-hybridized carbons (Fsp3) is 0.385. The number of amides is 2. The Labute approximate surface area is 103 Å². The molecule has 0 N–H and O–H groups in total. The number of nitrogens with zero attached hydrogens (tertiary/aromatic N) is 1. The van der Waals surface area contributed by atoms with Gasteiger partial charge in [-0.3, -0.25) is 14.5 Å². The molecule has 1 aliphatic heterocycles. The van der Waals surface area contributed by atoms with E-state index in [1.54, 1.807) is 0 Å². The molecule has 1 aromatic rings. The molecule has 0 aliphatic carbocycles. The first-order valence-corrected chi connectivity index (χ1v) is 5.85. The van der Waals surface area contributed by atoms with Crippen LogP contribution in [-0.4, -0.2) is 23.3 Å².